The normalized spacial score (nSPS) is 12.3. The van der Waals surface area contributed by atoms with Crippen LogP contribution < -0.4 is 0 Å². The van der Waals surface area contributed by atoms with E-state index in [1.54, 1.807) is 36.1 Å². The second-order valence-corrected chi connectivity index (χ2v) is 6.54. The van der Waals surface area contributed by atoms with E-state index in [9.17, 15) is 18.3 Å². The zero-order valence-electron chi connectivity index (χ0n) is 14.6. The van der Waals surface area contributed by atoms with Crippen molar-refractivity contribution in [1.29, 1.82) is 0 Å². The minimum absolute atomic E-state index is 0.116. The molecular formula is C19H18F3N3O. The van der Waals surface area contributed by atoms with Crippen LogP contribution in [-0.4, -0.2) is 25.5 Å². The van der Waals surface area contributed by atoms with Crippen LogP contribution in [-0.2, 0) is 12.7 Å². The van der Waals surface area contributed by atoms with Crippen molar-refractivity contribution in [3.63, 3.8) is 0 Å². The van der Waals surface area contributed by atoms with Gasteiger partial charge in [0.2, 0.25) is 0 Å². The Hall–Kier alpha value is -2.72. The number of nitrogens with zero attached hydrogens (tertiary/aromatic N) is 2. The smallest absolute Gasteiger partial charge is 0.378 e. The van der Waals surface area contributed by atoms with Gasteiger partial charge >= 0.3 is 6.18 Å². The number of aromatic amines is 1. The molecule has 0 saturated carbocycles. The monoisotopic (exact) mass is 361 g/mol. The Balaban J connectivity index is 2.37. The van der Waals surface area contributed by atoms with Gasteiger partial charge in [-0.1, -0.05) is 11.8 Å². The van der Waals surface area contributed by atoms with Gasteiger partial charge in [-0.05, 0) is 32.9 Å². The van der Waals surface area contributed by atoms with Crippen LogP contribution in [0.2, 0.25) is 0 Å². The number of H-pyrrole nitrogens is 1. The molecule has 7 heteroatoms. The highest BCUT2D eigenvalue weighted by Crippen LogP contribution is 2.40. The van der Waals surface area contributed by atoms with E-state index in [2.05, 4.69) is 22.0 Å². The average Bonchev–Trinajstić information content (AvgIpc) is 3.17. The number of rotatable bonds is 2. The van der Waals surface area contributed by atoms with Gasteiger partial charge in [0, 0.05) is 41.0 Å². The van der Waals surface area contributed by atoms with Crippen molar-refractivity contribution < 1.29 is 18.3 Å². The first-order valence-electron chi connectivity index (χ1n) is 8.09. The molecule has 0 fully saturated rings. The quantitative estimate of drug-likeness (QED) is 0.673. The summed E-state index contributed by atoms with van der Waals surface area (Å²) in [5, 5.41) is 16.8. The van der Waals surface area contributed by atoms with Gasteiger partial charge in [0.1, 0.15) is 5.60 Å². The Morgan fingerprint density at radius 1 is 1.27 bits per heavy atom. The molecule has 2 heterocycles. The number of fused-ring (bicyclic) bond motifs is 1. The minimum atomic E-state index is -4.52. The molecular weight excluding hydrogens is 343 g/mol. The highest BCUT2D eigenvalue weighted by Gasteiger charge is 2.35. The van der Waals surface area contributed by atoms with Gasteiger partial charge in [0.05, 0.1) is 17.3 Å². The lowest BCUT2D eigenvalue weighted by Crippen LogP contribution is -2.14. The van der Waals surface area contributed by atoms with Crippen molar-refractivity contribution in [1.82, 2.24) is 14.8 Å². The summed E-state index contributed by atoms with van der Waals surface area (Å²) in [6.07, 6.45) is 0.371. The molecule has 136 valence electrons. The molecule has 0 bridgehead atoms. The van der Waals surface area contributed by atoms with Crippen LogP contribution in [0.3, 0.4) is 0 Å². The van der Waals surface area contributed by atoms with Gasteiger partial charge in [0.15, 0.2) is 0 Å². The topological polar surface area (TPSA) is 53.8 Å². The van der Waals surface area contributed by atoms with Crippen LogP contribution in [0.4, 0.5) is 13.2 Å². The molecule has 1 aromatic carbocycles. The van der Waals surface area contributed by atoms with E-state index in [4.69, 9.17) is 0 Å². The number of aliphatic hydroxyl groups is 1. The number of aromatic nitrogens is 3. The summed E-state index contributed by atoms with van der Waals surface area (Å²) in [6.45, 7) is 5.15. The molecule has 0 aliphatic rings. The second-order valence-electron chi connectivity index (χ2n) is 6.54. The van der Waals surface area contributed by atoms with Gasteiger partial charge in [-0.25, -0.2) is 0 Å². The van der Waals surface area contributed by atoms with Crippen molar-refractivity contribution in [2.75, 3.05) is 0 Å². The molecule has 0 unspecified atom stereocenters. The Morgan fingerprint density at radius 2 is 2.00 bits per heavy atom. The summed E-state index contributed by atoms with van der Waals surface area (Å²) in [7, 11) is 0. The Labute approximate surface area is 148 Å². The third kappa shape index (κ3) is 3.46. The highest BCUT2D eigenvalue weighted by atomic mass is 19.4. The van der Waals surface area contributed by atoms with E-state index < -0.39 is 17.3 Å². The molecule has 0 aliphatic carbocycles. The highest BCUT2D eigenvalue weighted by molar-refractivity contribution is 5.98. The predicted molar refractivity (Wildman–Crippen MR) is 93.4 cm³/mol. The van der Waals surface area contributed by atoms with Crippen LogP contribution in [0.1, 0.15) is 31.9 Å². The largest absolute Gasteiger partial charge is 0.418 e. The molecule has 0 saturated heterocycles. The molecule has 0 aliphatic heterocycles. The van der Waals surface area contributed by atoms with Crippen LogP contribution in [0.15, 0.2) is 30.7 Å². The van der Waals surface area contributed by atoms with Crippen molar-refractivity contribution in [3.8, 4) is 23.0 Å². The van der Waals surface area contributed by atoms with Gasteiger partial charge in [-0.3, -0.25) is 5.10 Å². The van der Waals surface area contributed by atoms with E-state index in [0.29, 0.717) is 23.1 Å². The van der Waals surface area contributed by atoms with E-state index in [0.717, 1.165) is 6.07 Å². The lowest BCUT2D eigenvalue weighted by atomic mass is 10.0. The standard InChI is InChI=1S/C19H18F3N3O/c1-4-25-11-15(13-9-23-24-10-13)14-7-12(5-6-18(2,3)26)8-16(17(14)25)19(20,21)22/h7-11,26H,4H2,1-3H3,(H,23,24). The van der Waals surface area contributed by atoms with Crippen LogP contribution >= 0.6 is 0 Å². The maximum Gasteiger partial charge on any atom is 0.418 e. The average molecular weight is 361 g/mol. The number of hydrogen-bond donors (Lipinski definition) is 2. The predicted octanol–water partition coefficient (Wildman–Crippen LogP) is 4.19. The Kier molecular flexibility index (Phi) is 4.32. The zero-order valence-corrected chi connectivity index (χ0v) is 14.6. The molecule has 26 heavy (non-hydrogen) atoms. The number of aryl methyl sites for hydroxylation is 1. The summed E-state index contributed by atoms with van der Waals surface area (Å²) in [4.78, 5) is 0. The molecule has 2 N–H and O–H groups in total. The van der Waals surface area contributed by atoms with Crippen molar-refractivity contribution in [2.45, 2.75) is 39.1 Å². The lowest BCUT2D eigenvalue weighted by Gasteiger charge is -2.12. The number of alkyl halides is 3. The molecule has 3 aromatic rings. The van der Waals surface area contributed by atoms with Gasteiger partial charge in [-0.2, -0.15) is 18.3 Å². The van der Waals surface area contributed by atoms with Crippen molar-refractivity contribution >= 4 is 10.9 Å². The van der Waals surface area contributed by atoms with Gasteiger partial charge in [0.25, 0.3) is 0 Å². The van der Waals surface area contributed by atoms with E-state index in [1.165, 1.54) is 13.8 Å². The Morgan fingerprint density at radius 3 is 2.54 bits per heavy atom. The lowest BCUT2D eigenvalue weighted by molar-refractivity contribution is -0.136. The third-order valence-corrected chi connectivity index (χ3v) is 3.94. The molecule has 2 aromatic heterocycles. The molecule has 0 atom stereocenters. The number of nitrogens with one attached hydrogen (secondary N) is 1. The zero-order chi connectivity index (χ0) is 19.1. The molecule has 0 radical (unpaired) electrons. The number of benzene rings is 1. The molecule has 0 spiro atoms. The van der Waals surface area contributed by atoms with Crippen molar-refractivity contribution in [3.05, 3.63) is 41.9 Å². The first-order chi connectivity index (χ1) is 12.1. The summed E-state index contributed by atoms with van der Waals surface area (Å²) >= 11 is 0. The fourth-order valence-corrected chi connectivity index (χ4v) is 2.83. The van der Waals surface area contributed by atoms with Crippen molar-refractivity contribution in [2.24, 2.45) is 0 Å². The summed E-state index contributed by atoms with van der Waals surface area (Å²) in [6, 6.07) is 2.66. The maximum atomic E-state index is 13.7. The first-order valence-corrected chi connectivity index (χ1v) is 8.09. The van der Waals surface area contributed by atoms with Crippen LogP contribution in [0, 0.1) is 11.8 Å². The van der Waals surface area contributed by atoms with E-state index >= 15 is 0 Å². The molecule has 3 rings (SSSR count). The summed E-state index contributed by atoms with van der Waals surface area (Å²) in [5.41, 5.74) is -0.381. The van der Waals surface area contributed by atoms with Crippen LogP contribution in [0.25, 0.3) is 22.0 Å². The SMILES string of the molecule is CCn1cc(-c2cn[nH]c2)c2cc(C#CC(C)(C)O)cc(C(F)(F)F)c21. The molecule has 4 nitrogen and oxygen atoms in total. The van der Waals surface area contributed by atoms with E-state index in [1.807, 2.05) is 0 Å². The summed E-state index contributed by atoms with van der Waals surface area (Å²) in [5.74, 6) is 5.23. The Bertz CT molecular complexity index is 997. The number of hydrogen-bond acceptors (Lipinski definition) is 2. The fourth-order valence-electron chi connectivity index (χ4n) is 2.83. The van der Waals surface area contributed by atoms with E-state index in [-0.39, 0.29) is 11.1 Å². The second kappa shape index (κ2) is 6.22. The number of halogens is 3. The molecule has 0 amide bonds. The third-order valence-electron chi connectivity index (χ3n) is 3.94. The van der Waals surface area contributed by atoms with Crippen LogP contribution in [0.5, 0.6) is 0 Å². The maximum absolute atomic E-state index is 13.7. The summed E-state index contributed by atoms with van der Waals surface area (Å²) < 4.78 is 42.7. The van der Waals surface area contributed by atoms with Gasteiger partial charge in [-0.15, -0.1) is 0 Å². The minimum Gasteiger partial charge on any atom is -0.378 e. The first kappa shape index (κ1) is 18.1. The van der Waals surface area contributed by atoms with Gasteiger partial charge < -0.3 is 9.67 Å². The fraction of sp³-hybridized carbons (Fsp3) is 0.316.